The molecular weight excluding hydrogens is 424 g/mol. The molecule has 0 aliphatic carbocycles. The first-order chi connectivity index (χ1) is 9.67. The number of rotatable bonds is 7. The van der Waals surface area contributed by atoms with Gasteiger partial charge in [0.2, 0.25) is 0 Å². The molecular formula is C14H22Cl2IN3O. The fourth-order valence-electron chi connectivity index (χ4n) is 1.55. The minimum Gasteiger partial charge on any atom is -0.375 e. The van der Waals surface area contributed by atoms with Crippen LogP contribution in [-0.4, -0.2) is 32.2 Å². The summed E-state index contributed by atoms with van der Waals surface area (Å²) in [5, 5.41) is 7.57. The molecule has 0 atom stereocenters. The largest absolute Gasteiger partial charge is 0.375 e. The summed E-state index contributed by atoms with van der Waals surface area (Å²) < 4.78 is 5.56. The number of ether oxygens (including phenoxy) is 1. The lowest BCUT2D eigenvalue weighted by Gasteiger charge is -2.09. The van der Waals surface area contributed by atoms with Crippen LogP contribution >= 0.6 is 47.2 Å². The van der Waals surface area contributed by atoms with Crippen LogP contribution in [0.15, 0.2) is 23.2 Å². The number of nitrogens with one attached hydrogen (secondary N) is 2. The van der Waals surface area contributed by atoms with Crippen molar-refractivity contribution in [1.82, 2.24) is 10.6 Å². The third-order valence-corrected chi connectivity index (χ3v) is 3.05. The van der Waals surface area contributed by atoms with Crippen LogP contribution in [0.4, 0.5) is 0 Å². The highest BCUT2D eigenvalue weighted by atomic mass is 127. The van der Waals surface area contributed by atoms with Crippen LogP contribution in [0.1, 0.15) is 19.4 Å². The van der Waals surface area contributed by atoms with Gasteiger partial charge in [0.15, 0.2) is 5.96 Å². The van der Waals surface area contributed by atoms with Crippen LogP contribution in [0, 0.1) is 0 Å². The van der Waals surface area contributed by atoms with E-state index < -0.39 is 0 Å². The standard InChI is InChI=1S/C14H21Cl2N3O.HI/c1-3-17-14(18-4-2)19-7-8-20-10-11-5-6-12(15)9-13(11)16;/h5-6,9H,3-4,7-8,10H2,1-2H3,(H2,17,18,19);1H. The molecule has 0 aliphatic heterocycles. The van der Waals surface area contributed by atoms with E-state index in [1.165, 1.54) is 0 Å². The minimum atomic E-state index is 0. The van der Waals surface area contributed by atoms with E-state index in [0.717, 1.165) is 24.6 Å². The van der Waals surface area contributed by atoms with Crippen molar-refractivity contribution < 1.29 is 4.74 Å². The van der Waals surface area contributed by atoms with E-state index in [2.05, 4.69) is 15.6 Å². The zero-order valence-corrected chi connectivity index (χ0v) is 16.1. The highest BCUT2D eigenvalue weighted by Crippen LogP contribution is 2.21. The number of guanidine groups is 1. The van der Waals surface area contributed by atoms with Crippen LogP contribution in [-0.2, 0) is 11.3 Å². The van der Waals surface area contributed by atoms with Crippen LogP contribution in [0.25, 0.3) is 0 Å². The van der Waals surface area contributed by atoms with Crippen molar-refractivity contribution in [2.24, 2.45) is 4.99 Å². The highest BCUT2D eigenvalue weighted by molar-refractivity contribution is 14.0. The van der Waals surface area contributed by atoms with Gasteiger partial charge in [-0.3, -0.25) is 4.99 Å². The molecule has 7 heteroatoms. The van der Waals surface area contributed by atoms with E-state index in [1.807, 2.05) is 19.9 Å². The Labute approximate surface area is 153 Å². The van der Waals surface area contributed by atoms with E-state index >= 15 is 0 Å². The van der Waals surface area contributed by atoms with Gasteiger partial charge < -0.3 is 15.4 Å². The lowest BCUT2D eigenvalue weighted by Crippen LogP contribution is -2.37. The molecule has 120 valence electrons. The number of hydrogen-bond acceptors (Lipinski definition) is 2. The smallest absolute Gasteiger partial charge is 0.191 e. The second kappa shape index (κ2) is 12.3. The van der Waals surface area contributed by atoms with Gasteiger partial charge in [-0.25, -0.2) is 0 Å². The number of hydrogen-bond donors (Lipinski definition) is 2. The van der Waals surface area contributed by atoms with Gasteiger partial charge in [0.25, 0.3) is 0 Å². The van der Waals surface area contributed by atoms with Crippen LogP contribution in [0.5, 0.6) is 0 Å². The summed E-state index contributed by atoms with van der Waals surface area (Å²) in [4.78, 5) is 4.39. The maximum absolute atomic E-state index is 6.06. The topological polar surface area (TPSA) is 45.7 Å². The van der Waals surface area contributed by atoms with Gasteiger partial charge in [-0.2, -0.15) is 0 Å². The van der Waals surface area contributed by atoms with Crippen molar-refractivity contribution in [3.05, 3.63) is 33.8 Å². The second-order valence-corrected chi connectivity index (χ2v) is 4.92. The van der Waals surface area contributed by atoms with Crippen molar-refractivity contribution in [3.8, 4) is 0 Å². The summed E-state index contributed by atoms with van der Waals surface area (Å²) in [5.74, 6) is 0.808. The Hall–Kier alpha value is -0.240. The normalized spacial score (nSPS) is 9.71. The minimum absolute atomic E-state index is 0. The highest BCUT2D eigenvalue weighted by Gasteiger charge is 2.01. The molecule has 0 saturated heterocycles. The molecule has 0 unspecified atom stereocenters. The average molecular weight is 446 g/mol. The zero-order chi connectivity index (χ0) is 14.8. The molecule has 0 amide bonds. The number of halogens is 3. The molecule has 1 rings (SSSR count). The van der Waals surface area contributed by atoms with E-state index in [9.17, 15) is 0 Å². The molecule has 1 aromatic carbocycles. The molecule has 0 aliphatic rings. The van der Waals surface area contributed by atoms with E-state index in [0.29, 0.717) is 29.8 Å². The maximum atomic E-state index is 6.06. The summed E-state index contributed by atoms with van der Waals surface area (Å²) >= 11 is 11.9. The first-order valence-corrected chi connectivity index (χ1v) is 7.46. The van der Waals surface area contributed by atoms with Crippen molar-refractivity contribution in [3.63, 3.8) is 0 Å². The first-order valence-electron chi connectivity index (χ1n) is 6.71. The predicted octanol–water partition coefficient (Wildman–Crippen LogP) is 3.70. The molecule has 0 heterocycles. The Bertz CT molecular complexity index is 436. The van der Waals surface area contributed by atoms with Gasteiger partial charge in [-0.1, -0.05) is 29.3 Å². The SMILES string of the molecule is CCNC(=NCCOCc1ccc(Cl)cc1Cl)NCC.I. The molecule has 0 fully saturated rings. The number of nitrogens with zero attached hydrogens (tertiary/aromatic N) is 1. The fraction of sp³-hybridized carbons (Fsp3) is 0.500. The monoisotopic (exact) mass is 445 g/mol. The number of aliphatic imine (C=N–C) groups is 1. The van der Waals surface area contributed by atoms with E-state index in [4.69, 9.17) is 27.9 Å². The fourth-order valence-corrected chi connectivity index (χ4v) is 2.02. The summed E-state index contributed by atoms with van der Waals surface area (Å²) in [6.45, 7) is 7.35. The van der Waals surface area contributed by atoms with Gasteiger partial charge in [-0.15, -0.1) is 24.0 Å². The molecule has 0 spiro atoms. The Kier molecular flexibility index (Phi) is 12.2. The summed E-state index contributed by atoms with van der Waals surface area (Å²) in [7, 11) is 0. The molecule has 0 bridgehead atoms. The summed E-state index contributed by atoms with van der Waals surface area (Å²) in [5.41, 5.74) is 0.929. The lowest BCUT2D eigenvalue weighted by atomic mass is 10.2. The van der Waals surface area contributed by atoms with Crippen LogP contribution in [0.3, 0.4) is 0 Å². The van der Waals surface area contributed by atoms with Crippen molar-refractivity contribution in [2.75, 3.05) is 26.2 Å². The Morgan fingerprint density at radius 1 is 1.19 bits per heavy atom. The van der Waals surface area contributed by atoms with Crippen molar-refractivity contribution >= 4 is 53.1 Å². The summed E-state index contributed by atoms with van der Waals surface area (Å²) in [6.07, 6.45) is 0. The van der Waals surface area contributed by atoms with E-state index in [1.54, 1.807) is 12.1 Å². The molecule has 1 aromatic rings. The third kappa shape index (κ3) is 8.70. The maximum Gasteiger partial charge on any atom is 0.191 e. The third-order valence-electron chi connectivity index (χ3n) is 2.47. The Morgan fingerprint density at radius 2 is 1.86 bits per heavy atom. The zero-order valence-electron chi connectivity index (χ0n) is 12.3. The lowest BCUT2D eigenvalue weighted by molar-refractivity contribution is 0.128. The van der Waals surface area contributed by atoms with Crippen molar-refractivity contribution in [2.45, 2.75) is 20.5 Å². The van der Waals surface area contributed by atoms with Crippen LogP contribution in [0.2, 0.25) is 10.0 Å². The van der Waals surface area contributed by atoms with Gasteiger partial charge in [0, 0.05) is 23.1 Å². The molecule has 2 N–H and O–H groups in total. The van der Waals surface area contributed by atoms with Crippen molar-refractivity contribution in [1.29, 1.82) is 0 Å². The molecule has 4 nitrogen and oxygen atoms in total. The average Bonchev–Trinajstić information content (AvgIpc) is 2.41. The van der Waals surface area contributed by atoms with Crippen LogP contribution < -0.4 is 10.6 Å². The molecule has 0 aromatic heterocycles. The second-order valence-electron chi connectivity index (χ2n) is 4.08. The molecule has 0 saturated carbocycles. The van der Waals surface area contributed by atoms with Gasteiger partial charge >= 0.3 is 0 Å². The van der Waals surface area contributed by atoms with Gasteiger partial charge in [-0.05, 0) is 31.5 Å². The van der Waals surface area contributed by atoms with Gasteiger partial charge in [0.1, 0.15) is 0 Å². The Morgan fingerprint density at radius 3 is 2.43 bits per heavy atom. The van der Waals surface area contributed by atoms with Gasteiger partial charge in [0.05, 0.1) is 19.8 Å². The predicted molar refractivity (Wildman–Crippen MR) is 101 cm³/mol. The first kappa shape index (κ1) is 20.8. The Balaban J connectivity index is 0.00000400. The van der Waals surface area contributed by atoms with E-state index in [-0.39, 0.29) is 24.0 Å². The molecule has 0 radical (unpaired) electrons. The molecule has 21 heavy (non-hydrogen) atoms. The quantitative estimate of drug-likeness (QED) is 0.291. The number of benzene rings is 1. The summed E-state index contributed by atoms with van der Waals surface area (Å²) in [6, 6.07) is 5.39.